The van der Waals surface area contributed by atoms with Gasteiger partial charge in [0.1, 0.15) is 5.75 Å². The highest BCUT2D eigenvalue weighted by atomic mass is 16.5. The van der Waals surface area contributed by atoms with Gasteiger partial charge in [0.2, 0.25) is 5.91 Å². The topological polar surface area (TPSA) is 91.1 Å². The number of rotatable bonds is 7. The van der Waals surface area contributed by atoms with E-state index in [1.54, 1.807) is 7.11 Å². The van der Waals surface area contributed by atoms with Crippen molar-refractivity contribution < 1.29 is 9.53 Å². The number of anilines is 1. The summed E-state index contributed by atoms with van der Waals surface area (Å²) in [4.78, 5) is 12.8. The minimum absolute atomic E-state index is 0.202. The number of benzene rings is 2. The second kappa shape index (κ2) is 8.24. The second-order valence-corrected chi connectivity index (χ2v) is 5.89. The van der Waals surface area contributed by atoms with Crippen LogP contribution in [-0.4, -0.2) is 28.5 Å². The van der Waals surface area contributed by atoms with Crippen LogP contribution in [0.4, 0.5) is 5.69 Å². The summed E-state index contributed by atoms with van der Waals surface area (Å²) in [7, 11) is 1.61. The molecule has 0 aliphatic rings. The highest BCUT2D eigenvalue weighted by Crippen LogP contribution is 2.22. The number of tetrazole rings is 1. The molecule has 7 nitrogen and oxygen atoms in total. The molecule has 0 saturated carbocycles. The molecule has 1 N–H and O–H groups in total. The normalized spacial score (nSPS) is 11.8. The molecule has 26 heavy (non-hydrogen) atoms. The van der Waals surface area contributed by atoms with Gasteiger partial charge < -0.3 is 15.2 Å². The van der Waals surface area contributed by atoms with Gasteiger partial charge >= 0.3 is 0 Å². The van der Waals surface area contributed by atoms with E-state index < -0.39 is 5.92 Å². The maximum absolute atomic E-state index is 12.8. The van der Waals surface area contributed by atoms with Crippen molar-refractivity contribution in [1.82, 2.24) is 20.6 Å². The molecule has 0 aliphatic carbocycles. The highest BCUT2D eigenvalue weighted by molar-refractivity contribution is 5.95. The number of amides is 1. The Bertz CT molecular complexity index is 847. The van der Waals surface area contributed by atoms with Crippen LogP contribution in [0.3, 0.4) is 0 Å². The number of aryl methyl sites for hydroxylation is 1. The van der Waals surface area contributed by atoms with E-state index in [2.05, 4.69) is 32.9 Å². The number of hydrogen-bond acceptors (Lipinski definition) is 5. The van der Waals surface area contributed by atoms with Crippen molar-refractivity contribution in [3.05, 3.63) is 65.5 Å². The van der Waals surface area contributed by atoms with Gasteiger partial charge in [0.05, 0.1) is 13.0 Å². The van der Waals surface area contributed by atoms with Crippen molar-refractivity contribution in [1.29, 1.82) is 0 Å². The lowest BCUT2D eigenvalue weighted by Gasteiger charge is -2.17. The van der Waals surface area contributed by atoms with Gasteiger partial charge in [-0.1, -0.05) is 31.2 Å². The van der Waals surface area contributed by atoms with E-state index in [1.165, 1.54) is 5.56 Å². The Morgan fingerprint density at radius 3 is 2.65 bits per heavy atom. The first-order chi connectivity index (χ1) is 12.7. The molecule has 7 heteroatoms. The van der Waals surface area contributed by atoms with Crippen molar-refractivity contribution in [3.8, 4) is 5.75 Å². The zero-order valence-corrected chi connectivity index (χ0v) is 14.7. The minimum atomic E-state index is -0.594. The fourth-order valence-corrected chi connectivity index (χ4v) is 2.68. The summed E-state index contributed by atoms with van der Waals surface area (Å²) in [5.74, 6) is 0.238. The molecule has 0 aliphatic heterocycles. The van der Waals surface area contributed by atoms with E-state index in [4.69, 9.17) is 4.74 Å². The van der Waals surface area contributed by atoms with Crippen LogP contribution in [0.25, 0.3) is 0 Å². The van der Waals surface area contributed by atoms with Crippen molar-refractivity contribution >= 4 is 11.6 Å². The van der Waals surface area contributed by atoms with Crippen molar-refractivity contribution in [2.24, 2.45) is 0 Å². The van der Waals surface area contributed by atoms with Crippen LogP contribution in [0.2, 0.25) is 0 Å². The van der Waals surface area contributed by atoms with Gasteiger partial charge in [-0.25, -0.2) is 0 Å². The maximum atomic E-state index is 12.8. The summed E-state index contributed by atoms with van der Waals surface area (Å²) in [5.41, 5.74) is 2.88. The average Bonchev–Trinajstić information content (AvgIpc) is 3.21. The second-order valence-electron chi connectivity index (χ2n) is 5.89. The van der Waals surface area contributed by atoms with E-state index in [0.717, 1.165) is 23.4 Å². The fraction of sp³-hybridized carbons (Fsp3) is 0.263. The van der Waals surface area contributed by atoms with E-state index in [1.807, 2.05) is 48.5 Å². The molecule has 0 radical (unpaired) electrons. The zero-order chi connectivity index (χ0) is 18.4. The third-order valence-corrected chi connectivity index (χ3v) is 4.17. The smallest absolute Gasteiger partial charge is 0.232 e. The average molecular weight is 350 g/mol. The summed E-state index contributed by atoms with van der Waals surface area (Å²) in [6, 6.07) is 15.3. The third kappa shape index (κ3) is 4.24. The lowest BCUT2D eigenvalue weighted by atomic mass is 9.97. The number of nitrogens with zero attached hydrogens (tertiary/aromatic N) is 4. The Hall–Kier alpha value is -3.22. The summed E-state index contributed by atoms with van der Waals surface area (Å²) in [6.45, 7) is 2.09. The maximum Gasteiger partial charge on any atom is 0.232 e. The van der Waals surface area contributed by atoms with Gasteiger partial charge in [-0.15, -0.1) is 0 Å². The van der Waals surface area contributed by atoms with Crippen LogP contribution in [0.1, 0.15) is 29.8 Å². The largest absolute Gasteiger partial charge is 0.497 e. The Labute approximate surface area is 151 Å². The van der Waals surface area contributed by atoms with E-state index in [-0.39, 0.29) is 5.91 Å². The number of ether oxygens (including phenoxy) is 1. The standard InChI is InChI=1S/C19H21N5O2/c1-3-13-7-9-15(10-8-13)20-19(25)17(18-21-23-24-22-18)12-14-5-4-6-16(11-14)26-2/h4-11,17H,3,12H2,1-2H3,(H2,20,21,22,23,24,25)/p-1/t17-/m1/s1. The lowest BCUT2D eigenvalue weighted by molar-refractivity contribution is -0.117. The number of hydrogen-bond donors (Lipinski definition) is 1. The fourth-order valence-electron chi connectivity index (χ4n) is 2.68. The predicted molar refractivity (Wildman–Crippen MR) is 97.0 cm³/mol. The van der Waals surface area contributed by atoms with Crippen molar-refractivity contribution in [2.75, 3.05) is 12.4 Å². The highest BCUT2D eigenvalue weighted by Gasteiger charge is 2.21. The quantitative estimate of drug-likeness (QED) is 0.703. The molecular formula is C19H20N5O2-. The molecule has 1 atom stereocenters. The molecule has 134 valence electrons. The SMILES string of the molecule is CCc1ccc(NC(=O)[C@H](Cc2cccc(OC)c2)c2nnn[n-]2)cc1. The zero-order valence-electron chi connectivity index (χ0n) is 14.7. The molecule has 1 heterocycles. The number of methoxy groups -OCH3 is 1. The number of carbonyl (C=O) groups is 1. The molecule has 0 bridgehead atoms. The van der Waals surface area contributed by atoms with Crippen LogP contribution in [0.15, 0.2) is 48.5 Å². The molecule has 0 fully saturated rings. The summed E-state index contributed by atoms with van der Waals surface area (Å²) >= 11 is 0. The Morgan fingerprint density at radius 2 is 2.00 bits per heavy atom. The third-order valence-electron chi connectivity index (χ3n) is 4.17. The predicted octanol–water partition coefficient (Wildman–Crippen LogP) is 2.36. The molecule has 3 rings (SSSR count). The van der Waals surface area contributed by atoms with Gasteiger partial charge in [0.25, 0.3) is 0 Å². The number of carbonyl (C=O) groups excluding carboxylic acids is 1. The monoisotopic (exact) mass is 350 g/mol. The van der Waals surface area contributed by atoms with E-state index >= 15 is 0 Å². The molecule has 0 spiro atoms. The molecular weight excluding hydrogens is 330 g/mol. The molecule has 3 aromatic rings. The first-order valence-electron chi connectivity index (χ1n) is 8.41. The van der Waals surface area contributed by atoms with Gasteiger partial charge in [0.15, 0.2) is 0 Å². The summed E-state index contributed by atoms with van der Waals surface area (Å²) in [5, 5.41) is 17.7. The van der Waals surface area contributed by atoms with Crippen LogP contribution in [-0.2, 0) is 17.6 Å². The van der Waals surface area contributed by atoms with Crippen LogP contribution in [0.5, 0.6) is 5.75 Å². The lowest BCUT2D eigenvalue weighted by Crippen LogP contribution is -2.24. The molecule has 0 unspecified atom stereocenters. The molecule has 1 aromatic heterocycles. The van der Waals surface area contributed by atoms with Crippen LogP contribution in [0, 0.1) is 0 Å². The first-order valence-corrected chi connectivity index (χ1v) is 8.41. The minimum Gasteiger partial charge on any atom is -0.497 e. The van der Waals surface area contributed by atoms with Gasteiger partial charge in [-0.3, -0.25) is 15.1 Å². The van der Waals surface area contributed by atoms with E-state index in [0.29, 0.717) is 12.2 Å². The van der Waals surface area contributed by atoms with Gasteiger partial charge in [0, 0.05) is 11.5 Å². The Morgan fingerprint density at radius 1 is 1.19 bits per heavy atom. The van der Waals surface area contributed by atoms with E-state index in [9.17, 15) is 4.79 Å². The first kappa shape index (κ1) is 17.6. The Balaban J connectivity index is 1.80. The van der Waals surface area contributed by atoms with Crippen molar-refractivity contribution in [2.45, 2.75) is 25.7 Å². The summed E-state index contributed by atoms with van der Waals surface area (Å²) in [6.07, 6.45) is 1.37. The molecule has 0 saturated heterocycles. The number of nitrogens with one attached hydrogen (secondary N) is 1. The van der Waals surface area contributed by atoms with Crippen LogP contribution >= 0.6 is 0 Å². The molecule has 2 aromatic carbocycles. The Kier molecular flexibility index (Phi) is 5.58. The summed E-state index contributed by atoms with van der Waals surface area (Å²) < 4.78 is 5.25. The molecule has 1 amide bonds. The number of aromatic nitrogens is 4. The van der Waals surface area contributed by atoms with Crippen molar-refractivity contribution in [3.63, 3.8) is 0 Å². The van der Waals surface area contributed by atoms with Gasteiger partial charge in [-0.2, -0.15) is 5.21 Å². The van der Waals surface area contributed by atoms with Gasteiger partial charge in [-0.05, 0) is 48.2 Å². The van der Waals surface area contributed by atoms with Crippen LogP contribution < -0.4 is 15.2 Å².